The van der Waals surface area contributed by atoms with Crippen LogP contribution in [0.1, 0.15) is 31.6 Å². The van der Waals surface area contributed by atoms with Gasteiger partial charge in [-0.3, -0.25) is 4.98 Å². The van der Waals surface area contributed by atoms with Crippen molar-refractivity contribution in [2.45, 2.75) is 38.5 Å². The Labute approximate surface area is 161 Å². The van der Waals surface area contributed by atoms with E-state index >= 15 is 0 Å². The van der Waals surface area contributed by atoms with Crippen molar-refractivity contribution in [2.24, 2.45) is 10.3 Å². The summed E-state index contributed by atoms with van der Waals surface area (Å²) < 4.78 is 8.03. The van der Waals surface area contributed by atoms with Gasteiger partial charge in [0.1, 0.15) is 17.7 Å². The largest absolute Gasteiger partial charge is 0.378 e. The second-order valence-electron chi connectivity index (χ2n) is 6.64. The summed E-state index contributed by atoms with van der Waals surface area (Å²) in [6.45, 7) is 3.30. The molecule has 8 nitrogen and oxygen atoms in total. The Morgan fingerprint density at radius 2 is 2.33 bits per heavy atom. The van der Waals surface area contributed by atoms with Crippen LogP contribution < -0.4 is 5.32 Å². The second kappa shape index (κ2) is 7.58. The van der Waals surface area contributed by atoms with Crippen molar-refractivity contribution in [1.82, 2.24) is 19.9 Å². The van der Waals surface area contributed by atoms with E-state index in [9.17, 15) is 0 Å². The zero-order valence-corrected chi connectivity index (χ0v) is 15.6. The molecule has 1 aliphatic rings. The van der Waals surface area contributed by atoms with E-state index in [4.69, 9.17) is 26.9 Å². The highest BCUT2D eigenvalue weighted by Gasteiger charge is 2.26. The van der Waals surface area contributed by atoms with E-state index in [0.717, 1.165) is 47.2 Å². The Balaban J connectivity index is 1.88. The summed E-state index contributed by atoms with van der Waals surface area (Å²) in [7, 11) is 0. The highest BCUT2D eigenvalue weighted by atomic mass is 35.5. The third-order valence-electron chi connectivity index (χ3n) is 4.84. The molecule has 1 saturated heterocycles. The van der Waals surface area contributed by atoms with Gasteiger partial charge in [0, 0.05) is 23.1 Å². The maximum Gasteiger partial charge on any atom is 0.129 e. The molecule has 1 unspecified atom stereocenters. The van der Waals surface area contributed by atoms with E-state index in [1.54, 1.807) is 0 Å². The van der Waals surface area contributed by atoms with Gasteiger partial charge in [-0.05, 0) is 38.0 Å². The van der Waals surface area contributed by atoms with E-state index in [1.165, 1.54) is 6.34 Å². The molecule has 0 bridgehead atoms. The minimum absolute atomic E-state index is 0.197. The van der Waals surface area contributed by atoms with E-state index in [2.05, 4.69) is 32.1 Å². The van der Waals surface area contributed by atoms with Gasteiger partial charge < -0.3 is 14.6 Å². The first-order valence-corrected chi connectivity index (χ1v) is 9.23. The lowest BCUT2D eigenvalue weighted by molar-refractivity contribution is 0.00623. The van der Waals surface area contributed by atoms with Gasteiger partial charge >= 0.3 is 0 Å². The minimum atomic E-state index is 0.197. The minimum Gasteiger partial charge on any atom is -0.378 e. The standard InChI is InChI=1S/C18H20ClN7O/c1-11-6-13(4-5-27-11)26-17(9-21-10-23-25-20)24-16-8-22-15-3-2-12(19)7-14(15)18(16)26/h2-3,7-8,10-11,13H,4-6,9H2,1H3,(H2,20,21,23)/t11-,13?/m1/s1. The number of halogens is 1. The fourth-order valence-corrected chi connectivity index (χ4v) is 3.90. The topological polar surface area (TPSA) is 101 Å². The first-order valence-electron chi connectivity index (χ1n) is 8.85. The van der Waals surface area contributed by atoms with Gasteiger partial charge in [0.05, 0.1) is 29.9 Å². The number of hydrogen-bond acceptors (Lipinski definition) is 5. The predicted molar refractivity (Wildman–Crippen MR) is 104 cm³/mol. The average molecular weight is 386 g/mol. The Morgan fingerprint density at radius 3 is 3.15 bits per heavy atom. The van der Waals surface area contributed by atoms with Crippen molar-refractivity contribution in [3.8, 4) is 0 Å². The van der Waals surface area contributed by atoms with E-state index in [1.807, 2.05) is 24.4 Å². The third-order valence-corrected chi connectivity index (χ3v) is 5.08. The molecule has 2 atom stereocenters. The van der Waals surface area contributed by atoms with Gasteiger partial charge in [-0.25, -0.2) is 4.98 Å². The monoisotopic (exact) mass is 385 g/mol. The summed E-state index contributed by atoms with van der Waals surface area (Å²) in [5, 5.41) is 11.2. The Kier molecular flexibility index (Phi) is 5.00. The number of fused-ring (bicyclic) bond motifs is 3. The molecular formula is C18H20ClN7O. The molecule has 0 amide bonds. The van der Waals surface area contributed by atoms with Crippen LogP contribution in [-0.4, -0.2) is 33.6 Å². The van der Waals surface area contributed by atoms with Gasteiger partial charge in [0.15, 0.2) is 0 Å². The number of nitrogens with zero attached hydrogens (tertiary/aromatic N) is 5. The number of imidazole rings is 1. The van der Waals surface area contributed by atoms with Gasteiger partial charge in [-0.2, -0.15) is 5.53 Å². The average Bonchev–Trinajstić information content (AvgIpc) is 3.04. The number of benzene rings is 1. The smallest absolute Gasteiger partial charge is 0.129 e. The summed E-state index contributed by atoms with van der Waals surface area (Å²) in [4.78, 5) is 9.33. The fourth-order valence-electron chi connectivity index (χ4n) is 3.73. The van der Waals surface area contributed by atoms with Crippen molar-refractivity contribution < 1.29 is 4.74 Å². The lowest BCUT2D eigenvalue weighted by Crippen LogP contribution is -2.27. The summed E-state index contributed by atoms with van der Waals surface area (Å²) in [6, 6.07) is 6.01. The van der Waals surface area contributed by atoms with Gasteiger partial charge in [0.2, 0.25) is 0 Å². The van der Waals surface area contributed by atoms with Crippen LogP contribution in [0, 0.1) is 5.53 Å². The Hall–Kier alpha value is -2.58. The lowest BCUT2D eigenvalue weighted by atomic mass is 10.0. The quantitative estimate of drug-likeness (QED) is 0.299. The van der Waals surface area contributed by atoms with Crippen LogP contribution in [0.3, 0.4) is 0 Å². The van der Waals surface area contributed by atoms with Crippen molar-refractivity contribution in [2.75, 3.05) is 6.61 Å². The molecule has 1 fully saturated rings. The summed E-state index contributed by atoms with van der Waals surface area (Å²) in [6.07, 6.45) is 5.24. The molecular weight excluding hydrogens is 366 g/mol. The molecule has 4 rings (SSSR count). The highest BCUT2D eigenvalue weighted by Crippen LogP contribution is 2.34. The second-order valence-corrected chi connectivity index (χ2v) is 7.07. The molecule has 0 radical (unpaired) electrons. The molecule has 0 spiro atoms. The first-order chi connectivity index (χ1) is 13.2. The van der Waals surface area contributed by atoms with Crippen molar-refractivity contribution in [1.29, 1.82) is 5.53 Å². The van der Waals surface area contributed by atoms with Gasteiger partial charge in [0.25, 0.3) is 0 Å². The Morgan fingerprint density at radius 1 is 1.44 bits per heavy atom. The van der Waals surface area contributed by atoms with Crippen LogP contribution in [0.5, 0.6) is 0 Å². The maximum atomic E-state index is 6.74. The summed E-state index contributed by atoms with van der Waals surface area (Å²) in [5.41, 5.74) is 9.51. The first kappa shape index (κ1) is 17.8. The fraction of sp³-hybridized carbons (Fsp3) is 0.389. The number of aromatic nitrogens is 3. The maximum absolute atomic E-state index is 6.74. The zero-order chi connectivity index (χ0) is 18.8. The van der Waals surface area contributed by atoms with Crippen molar-refractivity contribution >= 4 is 39.9 Å². The van der Waals surface area contributed by atoms with Gasteiger partial charge in [-0.15, -0.1) is 5.10 Å². The van der Waals surface area contributed by atoms with Crippen LogP contribution >= 0.6 is 11.6 Å². The molecule has 0 aliphatic carbocycles. The van der Waals surface area contributed by atoms with Crippen LogP contribution in [0.15, 0.2) is 34.7 Å². The van der Waals surface area contributed by atoms with Crippen LogP contribution in [0.25, 0.3) is 21.9 Å². The molecule has 2 N–H and O–H groups in total. The van der Waals surface area contributed by atoms with Gasteiger partial charge in [-0.1, -0.05) is 16.8 Å². The summed E-state index contributed by atoms with van der Waals surface area (Å²) in [5.74, 6) is 0.884. The number of nitrogens with one attached hydrogen (secondary N) is 2. The lowest BCUT2D eigenvalue weighted by Gasteiger charge is -2.30. The molecule has 0 saturated carbocycles. The normalized spacial score (nSPS) is 20.5. The van der Waals surface area contributed by atoms with E-state index in [0.29, 0.717) is 11.6 Å². The molecule has 3 heterocycles. The molecule has 3 aromatic rings. The van der Waals surface area contributed by atoms with Crippen LogP contribution in [0.4, 0.5) is 0 Å². The molecule has 1 aliphatic heterocycles. The van der Waals surface area contributed by atoms with Crippen molar-refractivity contribution in [3.63, 3.8) is 0 Å². The Bertz CT molecular complexity index is 1020. The molecule has 27 heavy (non-hydrogen) atoms. The van der Waals surface area contributed by atoms with Crippen LogP contribution in [-0.2, 0) is 11.3 Å². The van der Waals surface area contributed by atoms with Crippen LogP contribution in [0.2, 0.25) is 5.02 Å². The SMILES string of the molecule is C[C@@H]1CC(n2c(CN/C=N\N=N)nc3cnc4ccc(Cl)cc4c32)CCO1. The third kappa shape index (κ3) is 3.50. The number of rotatable bonds is 5. The number of hydrogen-bond donors (Lipinski definition) is 2. The van der Waals surface area contributed by atoms with Crippen molar-refractivity contribution in [3.05, 3.63) is 35.2 Å². The van der Waals surface area contributed by atoms with E-state index < -0.39 is 0 Å². The van der Waals surface area contributed by atoms with E-state index in [-0.39, 0.29) is 12.1 Å². The number of pyridine rings is 1. The predicted octanol–water partition coefficient (Wildman–Crippen LogP) is 4.04. The molecule has 140 valence electrons. The zero-order valence-electron chi connectivity index (χ0n) is 14.9. The molecule has 1 aromatic carbocycles. The molecule has 9 heteroatoms. The highest BCUT2D eigenvalue weighted by molar-refractivity contribution is 6.31. The summed E-state index contributed by atoms with van der Waals surface area (Å²) >= 11 is 6.27. The molecule has 2 aromatic heterocycles. The number of ether oxygens (including phenoxy) is 1.